The molecular formula is C20H24N4O2. The smallest absolute Gasteiger partial charge is 0.283 e. The third-order valence-electron chi connectivity index (χ3n) is 4.51. The molecule has 0 spiro atoms. The number of ether oxygens (including phenoxy) is 2. The molecule has 0 saturated carbocycles. The topological polar surface area (TPSA) is 95.2 Å². The van der Waals surface area contributed by atoms with Crippen molar-refractivity contribution >= 4 is 12.0 Å². The van der Waals surface area contributed by atoms with Crippen LogP contribution in [0.5, 0.6) is 0 Å². The molecule has 0 bridgehead atoms. The summed E-state index contributed by atoms with van der Waals surface area (Å²) in [7, 11) is 0. The number of nitrogens with zero attached hydrogens (tertiary/aromatic N) is 2. The first-order valence-electron chi connectivity index (χ1n) is 8.49. The van der Waals surface area contributed by atoms with Gasteiger partial charge in [-0.1, -0.05) is 60.7 Å². The normalized spacial score (nSPS) is 26.7. The SMILES string of the molecule is C[C@@]1(c2ccccc2)COC(N)=N1.C[C@]1(c2ccccc2)COC(N)=N1. The molecule has 0 saturated heterocycles. The maximum absolute atomic E-state index is 5.48. The van der Waals surface area contributed by atoms with Crippen molar-refractivity contribution in [1.82, 2.24) is 0 Å². The van der Waals surface area contributed by atoms with Crippen LogP contribution in [-0.4, -0.2) is 25.3 Å². The Labute approximate surface area is 153 Å². The molecule has 2 aromatic rings. The summed E-state index contributed by atoms with van der Waals surface area (Å²) in [6, 6.07) is 20.6. The van der Waals surface area contributed by atoms with E-state index in [0.29, 0.717) is 13.2 Å². The molecule has 2 aliphatic heterocycles. The molecule has 6 nitrogen and oxygen atoms in total. The third-order valence-corrected chi connectivity index (χ3v) is 4.51. The lowest BCUT2D eigenvalue weighted by Gasteiger charge is -2.17. The Balaban J connectivity index is 0.000000151. The Kier molecular flexibility index (Phi) is 4.84. The van der Waals surface area contributed by atoms with Crippen LogP contribution in [0, 0.1) is 0 Å². The number of amidine groups is 2. The van der Waals surface area contributed by atoms with E-state index in [2.05, 4.69) is 9.98 Å². The van der Waals surface area contributed by atoms with E-state index in [1.54, 1.807) is 0 Å². The lowest BCUT2D eigenvalue weighted by atomic mass is 9.94. The molecule has 0 amide bonds. The van der Waals surface area contributed by atoms with E-state index in [1.165, 1.54) is 0 Å². The molecule has 26 heavy (non-hydrogen) atoms. The molecule has 0 aliphatic carbocycles. The Morgan fingerprint density at radius 1 is 0.692 bits per heavy atom. The van der Waals surface area contributed by atoms with Gasteiger partial charge in [-0.2, -0.15) is 0 Å². The van der Waals surface area contributed by atoms with Crippen molar-refractivity contribution in [3.8, 4) is 0 Å². The summed E-state index contributed by atoms with van der Waals surface area (Å²) in [5.41, 5.74) is 12.6. The van der Waals surface area contributed by atoms with E-state index in [9.17, 15) is 0 Å². The predicted molar refractivity (Wildman–Crippen MR) is 103 cm³/mol. The zero-order valence-corrected chi connectivity index (χ0v) is 15.1. The molecular weight excluding hydrogens is 328 g/mol. The summed E-state index contributed by atoms with van der Waals surface area (Å²) in [6.45, 7) is 5.09. The van der Waals surface area contributed by atoms with E-state index in [0.717, 1.165) is 11.1 Å². The molecule has 0 fully saturated rings. The lowest BCUT2D eigenvalue weighted by Crippen LogP contribution is -2.20. The van der Waals surface area contributed by atoms with Crippen LogP contribution in [0.2, 0.25) is 0 Å². The fourth-order valence-corrected chi connectivity index (χ4v) is 2.93. The number of benzene rings is 2. The van der Waals surface area contributed by atoms with Crippen LogP contribution < -0.4 is 11.5 Å². The molecule has 2 aromatic carbocycles. The number of hydrogen-bond acceptors (Lipinski definition) is 6. The number of aliphatic imine (C=N–C) groups is 2. The average Bonchev–Trinajstić information content (AvgIpc) is 3.20. The molecule has 2 heterocycles. The zero-order chi connectivity index (χ0) is 18.6. The highest BCUT2D eigenvalue weighted by molar-refractivity contribution is 5.74. The monoisotopic (exact) mass is 352 g/mol. The van der Waals surface area contributed by atoms with Crippen LogP contribution in [0.1, 0.15) is 25.0 Å². The summed E-state index contributed by atoms with van der Waals surface area (Å²) < 4.78 is 10.3. The first-order valence-corrected chi connectivity index (χ1v) is 8.49. The summed E-state index contributed by atoms with van der Waals surface area (Å²) in [4.78, 5) is 8.53. The molecule has 6 heteroatoms. The summed E-state index contributed by atoms with van der Waals surface area (Å²) >= 11 is 0. The number of hydrogen-bond donors (Lipinski definition) is 2. The first-order chi connectivity index (χ1) is 12.4. The molecule has 4 N–H and O–H groups in total. The summed E-state index contributed by atoms with van der Waals surface area (Å²) in [5, 5.41) is 0. The fourth-order valence-electron chi connectivity index (χ4n) is 2.93. The maximum Gasteiger partial charge on any atom is 0.283 e. The minimum atomic E-state index is -0.300. The van der Waals surface area contributed by atoms with Gasteiger partial charge in [-0.3, -0.25) is 0 Å². The molecule has 0 aromatic heterocycles. The predicted octanol–water partition coefficient (Wildman–Crippen LogP) is 2.49. The van der Waals surface area contributed by atoms with Crippen LogP contribution >= 0.6 is 0 Å². The second-order valence-electron chi connectivity index (χ2n) is 6.76. The van der Waals surface area contributed by atoms with Gasteiger partial charge in [-0.05, 0) is 25.0 Å². The van der Waals surface area contributed by atoms with E-state index >= 15 is 0 Å². The standard InChI is InChI=1S/2C10H12N2O/c2*1-10(7-13-9(11)12-10)8-5-3-2-4-6-8/h2*2-6H,7H2,1H3,(H2,11,12)/t2*10-/m10/s1. The Bertz CT molecular complexity index is 738. The fraction of sp³-hybridized carbons (Fsp3) is 0.300. The minimum Gasteiger partial charge on any atom is -0.462 e. The molecule has 136 valence electrons. The number of nitrogens with two attached hydrogens (primary N) is 2. The van der Waals surface area contributed by atoms with Gasteiger partial charge in [0.15, 0.2) is 0 Å². The quantitative estimate of drug-likeness (QED) is 0.868. The highest BCUT2D eigenvalue weighted by atomic mass is 16.5. The van der Waals surface area contributed by atoms with Crippen molar-refractivity contribution in [2.75, 3.05) is 13.2 Å². The van der Waals surface area contributed by atoms with E-state index in [-0.39, 0.29) is 23.1 Å². The van der Waals surface area contributed by atoms with Gasteiger partial charge >= 0.3 is 0 Å². The largest absolute Gasteiger partial charge is 0.462 e. The van der Waals surface area contributed by atoms with Crippen molar-refractivity contribution in [2.45, 2.75) is 24.9 Å². The van der Waals surface area contributed by atoms with Crippen LogP contribution in [-0.2, 0) is 20.6 Å². The van der Waals surface area contributed by atoms with Gasteiger partial charge < -0.3 is 20.9 Å². The van der Waals surface area contributed by atoms with Crippen LogP contribution in [0.3, 0.4) is 0 Å². The van der Waals surface area contributed by atoms with Gasteiger partial charge in [0, 0.05) is 0 Å². The van der Waals surface area contributed by atoms with Gasteiger partial charge in [0.25, 0.3) is 12.0 Å². The van der Waals surface area contributed by atoms with Gasteiger partial charge in [-0.15, -0.1) is 0 Å². The second-order valence-corrected chi connectivity index (χ2v) is 6.76. The second kappa shape index (κ2) is 7.07. The lowest BCUT2D eigenvalue weighted by molar-refractivity contribution is 0.266. The van der Waals surface area contributed by atoms with Gasteiger partial charge in [-0.25, -0.2) is 9.98 Å². The van der Waals surface area contributed by atoms with E-state index in [1.807, 2.05) is 74.5 Å². The van der Waals surface area contributed by atoms with Crippen molar-refractivity contribution in [3.05, 3.63) is 71.8 Å². The Morgan fingerprint density at radius 3 is 1.31 bits per heavy atom. The third kappa shape index (κ3) is 3.79. The van der Waals surface area contributed by atoms with E-state index < -0.39 is 0 Å². The Hall–Kier alpha value is -3.02. The highest BCUT2D eigenvalue weighted by Gasteiger charge is 2.33. The number of rotatable bonds is 2. The van der Waals surface area contributed by atoms with Gasteiger partial charge in [0.05, 0.1) is 0 Å². The van der Waals surface area contributed by atoms with Crippen LogP contribution in [0.4, 0.5) is 0 Å². The molecule has 4 rings (SSSR count). The van der Waals surface area contributed by atoms with Crippen LogP contribution in [0.15, 0.2) is 70.6 Å². The molecule has 2 atom stereocenters. The summed E-state index contributed by atoms with van der Waals surface area (Å²) in [5.74, 6) is 0. The highest BCUT2D eigenvalue weighted by Crippen LogP contribution is 2.29. The van der Waals surface area contributed by atoms with Gasteiger partial charge in [0.2, 0.25) is 0 Å². The molecule has 0 radical (unpaired) electrons. The molecule has 2 aliphatic rings. The average molecular weight is 352 g/mol. The van der Waals surface area contributed by atoms with Crippen molar-refractivity contribution in [2.24, 2.45) is 21.5 Å². The van der Waals surface area contributed by atoms with Crippen molar-refractivity contribution in [3.63, 3.8) is 0 Å². The minimum absolute atomic E-state index is 0.284. The first kappa shape index (κ1) is 17.8. The Morgan fingerprint density at radius 2 is 1.04 bits per heavy atom. The zero-order valence-electron chi connectivity index (χ0n) is 15.1. The van der Waals surface area contributed by atoms with E-state index in [4.69, 9.17) is 20.9 Å². The maximum atomic E-state index is 5.48. The van der Waals surface area contributed by atoms with Crippen molar-refractivity contribution in [1.29, 1.82) is 0 Å². The van der Waals surface area contributed by atoms with Gasteiger partial charge in [0.1, 0.15) is 24.3 Å². The molecule has 0 unspecified atom stereocenters. The van der Waals surface area contributed by atoms with Crippen molar-refractivity contribution < 1.29 is 9.47 Å². The summed E-state index contributed by atoms with van der Waals surface area (Å²) in [6.07, 6.45) is 0. The van der Waals surface area contributed by atoms with Crippen LogP contribution in [0.25, 0.3) is 0 Å².